The standard InChI is InChI=1S/C2H2N10.2CH4N2/c3(1-5-9-10-6-1)4-2-7-11-12-8-2;2*2-1-3/h(H,5,6,9,10)(H,7,8,11,12);2*1H,(H3,2,3). The van der Waals surface area contributed by atoms with E-state index in [1.54, 1.807) is 0 Å². The normalized spacial score (nSPS) is 8.67. The minimum Gasteiger partial charge on any atom is -0.390 e. The maximum atomic E-state index is 5.86. The van der Waals surface area contributed by atoms with Crippen molar-refractivity contribution in [3.8, 4) is 0 Å². The first-order chi connectivity index (χ1) is 8.78. The molecule has 96 valence electrons. The molecule has 18 heavy (non-hydrogen) atoms. The van der Waals surface area contributed by atoms with Crippen LogP contribution in [0.25, 0.3) is 0 Å². The third kappa shape index (κ3) is 7.04. The molecule has 0 unspecified atom stereocenters. The summed E-state index contributed by atoms with van der Waals surface area (Å²) in [4.78, 5) is 0. The average molecular weight is 254 g/mol. The summed E-state index contributed by atoms with van der Waals surface area (Å²) in [6, 6.07) is 0. The summed E-state index contributed by atoms with van der Waals surface area (Å²) in [5.74, 6) is 0.222. The number of rotatable bonds is 2. The summed E-state index contributed by atoms with van der Waals surface area (Å²) in [6.07, 6.45) is 1.50. The number of azo groups is 1. The number of hydrogen-bond acceptors (Lipinski definition) is 10. The molecule has 14 heteroatoms. The van der Waals surface area contributed by atoms with Crippen molar-refractivity contribution >= 4 is 24.6 Å². The van der Waals surface area contributed by atoms with E-state index in [9.17, 15) is 0 Å². The van der Waals surface area contributed by atoms with Crippen LogP contribution in [0.3, 0.4) is 0 Å². The number of nitrogens with zero attached hydrogens (tertiary/aromatic N) is 8. The summed E-state index contributed by atoms with van der Waals surface area (Å²) in [5, 5.41) is 43.8. The lowest BCUT2D eigenvalue weighted by atomic mass is 11.1. The molecule has 2 rings (SSSR count). The Bertz CT molecular complexity index is 382. The van der Waals surface area contributed by atoms with Gasteiger partial charge in [-0.25, -0.2) is 0 Å². The first-order valence-electron chi connectivity index (χ1n) is 4.08. The Labute approximate surface area is 99.3 Å². The van der Waals surface area contributed by atoms with Crippen molar-refractivity contribution in [2.24, 2.45) is 21.7 Å². The third-order valence-electron chi connectivity index (χ3n) is 0.897. The van der Waals surface area contributed by atoms with E-state index in [1.807, 2.05) is 0 Å². The lowest BCUT2D eigenvalue weighted by Crippen LogP contribution is -1.81. The van der Waals surface area contributed by atoms with Crippen molar-refractivity contribution in [3.05, 3.63) is 0 Å². The second kappa shape index (κ2) is 10.2. The van der Waals surface area contributed by atoms with Crippen molar-refractivity contribution in [2.75, 3.05) is 0 Å². The van der Waals surface area contributed by atoms with E-state index < -0.39 is 0 Å². The highest BCUT2D eigenvalue weighted by molar-refractivity contribution is 5.46. The van der Waals surface area contributed by atoms with Crippen LogP contribution in [-0.4, -0.2) is 53.9 Å². The topological polar surface area (TPSA) is 233 Å². The van der Waals surface area contributed by atoms with Gasteiger partial charge in [0.15, 0.2) is 0 Å². The van der Waals surface area contributed by atoms with Crippen LogP contribution in [0.4, 0.5) is 11.9 Å². The van der Waals surface area contributed by atoms with Crippen LogP contribution >= 0.6 is 0 Å². The summed E-state index contributed by atoms with van der Waals surface area (Å²) in [6.45, 7) is 0. The fourth-order valence-electron chi connectivity index (χ4n) is 0.487. The molecule has 0 aliphatic rings. The van der Waals surface area contributed by atoms with Crippen LogP contribution in [-0.2, 0) is 0 Å². The Balaban J connectivity index is 0.000000414. The number of nitrogens with one attached hydrogen (secondary N) is 4. The molecule has 0 saturated heterocycles. The third-order valence-corrected chi connectivity index (χ3v) is 0.897. The van der Waals surface area contributed by atoms with Gasteiger partial charge in [0.25, 0.3) is 0 Å². The monoisotopic (exact) mass is 254 g/mol. The predicted molar refractivity (Wildman–Crippen MR) is 58.5 cm³/mol. The van der Waals surface area contributed by atoms with Gasteiger partial charge in [0.2, 0.25) is 0 Å². The minimum absolute atomic E-state index is 0.111. The molecule has 2 aromatic rings. The van der Waals surface area contributed by atoms with E-state index in [2.05, 4.69) is 62.9 Å². The molecule has 0 atom stereocenters. The SMILES string of the molecule is N(=Nc1nn[nH]n1)c1nn[nH]n1.N=CN.N=CN. The molecule has 14 nitrogen and oxygen atoms in total. The van der Waals surface area contributed by atoms with Crippen molar-refractivity contribution in [1.82, 2.24) is 41.2 Å². The largest absolute Gasteiger partial charge is 0.390 e. The highest BCUT2D eigenvalue weighted by atomic mass is 15.5. The van der Waals surface area contributed by atoms with Crippen molar-refractivity contribution in [2.45, 2.75) is 0 Å². The Hall–Kier alpha value is -3.32. The Morgan fingerprint density at radius 3 is 1.44 bits per heavy atom. The number of nitrogens with two attached hydrogens (primary N) is 2. The first kappa shape index (κ1) is 14.7. The number of H-pyrrole nitrogens is 2. The molecular formula is C4H10N14. The molecule has 0 bridgehead atoms. The second-order valence-corrected chi connectivity index (χ2v) is 1.96. The van der Waals surface area contributed by atoms with Gasteiger partial charge in [-0.05, 0) is 10.4 Å². The van der Waals surface area contributed by atoms with Gasteiger partial charge in [-0.1, -0.05) is 10.2 Å². The first-order valence-corrected chi connectivity index (χ1v) is 4.08. The van der Waals surface area contributed by atoms with E-state index in [0.717, 1.165) is 12.7 Å². The zero-order valence-corrected chi connectivity index (χ0v) is 8.89. The molecule has 0 aromatic carbocycles. The van der Waals surface area contributed by atoms with E-state index in [-0.39, 0.29) is 11.9 Å². The van der Waals surface area contributed by atoms with Gasteiger partial charge in [-0.15, -0.1) is 20.4 Å². The smallest absolute Gasteiger partial charge is 0.307 e. The van der Waals surface area contributed by atoms with Crippen LogP contribution in [0.5, 0.6) is 0 Å². The van der Waals surface area contributed by atoms with Gasteiger partial charge in [0.1, 0.15) is 0 Å². The molecule has 0 radical (unpaired) electrons. The Kier molecular flexibility index (Phi) is 8.32. The lowest BCUT2D eigenvalue weighted by molar-refractivity contribution is 0.881. The fraction of sp³-hybridized carbons (Fsp3) is 0. The molecular weight excluding hydrogens is 244 g/mol. The van der Waals surface area contributed by atoms with Gasteiger partial charge in [-0.3, -0.25) is 10.8 Å². The van der Waals surface area contributed by atoms with E-state index in [1.165, 1.54) is 0 Å². The van der Waals surface area contributed by atoms with Gasteiger partial charge in [0.05, 0.1) is 12.7 Å². The Morgan fingerprint density at radius 2 is 1.22 bits per heavy atom. The summed E-state index contributed by atoms with van der Waals surface area (Å²) in [7, 11) is 0. The number of hydrogen-bond donors (Lipinski definition) is 6. The van der Waals surface area contributed by atoms with Crippen LogP contribution in [0.2, 0.25) is 0 Å². The van der Waals surface area contributed by atoms with Crippen molar-refractivity contribution in [3.63, 3.8) is 0 Å². The lowest BCUT2D eigenvalue weighted by Gasteiger charge is -1.74. The average Bonchev–Trinajstić information content (AvgIpc) is 3.02. The number of aromatic amines is 2. The van der Waals surface area contributed by atoms with Crippen LogP contribution < -0.4 is 11.5 Å². The molecule has 0 aliphatic carbocycles. The van der Waals surface area contributed by atoms with Crippen molar-refractivity contribution in [1.29, 1.82) is 10.8 Å². The second-order valence-electron chi connectivity index (χ2n) is 1.96. The van der Waals surface area contributed by atoms with Gasteiger partial charge in [-0.2, -0.15) is 10.4 Å². The molecule has 8 N–H and O–H groups in total. The highest BCUT2D eigenvalue weighted by Crippen LogP contribution is 2.04. The highest BCUT2D eigenvalue weighted by Gasteiger charge is 1.95. The van der Waals surface area contributed by atoms with E-state index in [0.29, 0.717) is 0 Å². The zero-order valence-electron chi connectivity index (χ0n) is 8.89. The molecule has 0 amide bonds. The van der Waals surface area contributed by atoms with E-state index >= 15 is 0 Å². The molecule has 2 aromatic heterocycles. The van der Waals surface area contributed by atoms with E-state index in [4.69, 9.17) is 10.8 Å². The van der Waals surface area contributed by atoms with Crippen molar-refractivity contribution < 1.29 is 0 Å². The van der Waals surface area contributed by atoms with Crippen LogP contribution in [0.1, 0.15) is 0 Å². The van der Waals surface area contributed by atoms with Gasteiger partial charge in [0, 0.05) is 0 Å². The summed E-state index contributed by atoms with van der Waals surface area (Å²) in [5.41, 5.74) is 8.78. The van der Waals surface area contributed by atoms with Crippen LogP contribution in [0, 0.1) is 10.8 Å². The molecule has 0 saturated carbocycles. The molecule has 0 fully saturated rings. The number of aromatic nitrogens is 8. The quantitative estimate of drug-likeness (QED) is 0.203. The molecule has 2 heterocycles. The molecule has 0 spiro atoms. The summed E-state index contributed by atoms with van der Waals surface area (Å²) >= 11 is 0. The maximum absolute atomic E-state index is 5.86. The molecule has 0 aliphatic heterocycles. The maximum Gasteiger partial charge on any atom is 0.307 e. The zero-order chi connectivity index (χ0) is 13.6. The Morgan fingerprint density at radius 1 is 0.889 bits per heavy atom. The minimum atomic E-state index is 0.111. The van der Waals surface area contributed by atoms with Gasteiger partial charge < -0.3 is 11.5 Å². The van der Waals surface area contributed by atoms with Gasteiger partial charge >= 0.3 is 11.9 Å². The predicted octanol–water partition coefficient (Wildman–Crippen LogP) is -1.77. The van der Waals surface area contributed by atoms with Crippen LogP contribution in [0.15, 0.2) is 10.2 Å². The fourth-order valence-corrected chi connectivity index (χ4v) is 0.487. The number of tetrazole rings is 2. The summed E-state index contributed by atoms with van der Waals surface area (Å²) < 4.78 is 0.